The van der Waals surface area contributed by atoms with E-state index in [-0.39, 0.29) is 5.69 Å². The Balaban J connectivity index is 1.65. The molecule has 1 heterocycles. The number of nitrogens with one attached hydrogen (secondary N) is 2. The highest BCUT2D eigenvalue weighted by molar-refractivity contribution is 5.79. The summed E-state index contributed by atoms with van der Waals surface area (Å²) in [6.45, 7) is 10.6. The first kappa shape index (κ1) is 23.7. The lowest BCUT2D eigenvalue weighted by Crippen LogP contribution is -2.39. The van der Waals surface area contributed by atoms with Gasteiger partial charge in [0, 0.05) is 44.9 Å². The van der Waals surface area contributed by atoms with Crippen molar-refractivity contribution < 1.29 is 9.66 Å². The normalized spacial score (nSPS) is 15.0. The molecule has 1 fully saturated rings. The SMILES string of the molecule is CC(C)CNC(=NCc1ccc([N+](=O)[O-])cc1)NCc1ccccc1CN1CCOCC1. The van der Waals surface area contributed by atoms with Crippen molar-refractivity contribution in [2.24, 2.45) is 10.9 Å². The van der Waals surface area contributed by atoms with E-state index in [1.807, 2.05) is 0 Å². The van der Waals surface area contributed by atoms with Crippen LogP contribution < -0.4 is 10.6 Å². The second-order valence-electron chi connectivity index (χ2n) is 8.37. The molecule has 172 valence electrons. The highest BCUT2D eigenvalue weighted by Crippen LogP contribution is 2.14. The lowest BCUT2D eigenvalue weighted by Gasteiger charge is -2.27. The molecule has 1 saturated heterocycles. The summed E-state index contributed by atoms with van der Waals surface area (Å²) in [7, 11) is 0. The second kappa shape index (κ2) is 12.2. The van der Waals surface area contributed by atoms with Gasteiger partial charge in [0.15, 0.2) is 5.96 Å². The molecular formula is C24H33N5O3. The molecule has 2 N–H and O–H groups in total. The minimum Gasteiger partial charge on any atom is -0.379 e. The minimum atomic E-state index is -0.390. The van der Waals surface area contributed by atoms with Crippen LogP contribution in [0.2, 0.25) is 0 Å². The van der Waals surface area contributed by atoms with E-state index >= 15 is 0 Å². The van der Waals surface area contributed by atoms with Crippen molar-refractivity contribution in [1.82, 2.24) is 15.5 Å². The van der Waals surface area contributed by atoms with E-state index in [0.717, 1.165) is 50.9 Å². The summed E-state index contributed by atoms with van der Waals surface area (Å²) in [5, 5.41) is 17.7. The Morgan fingerprint density at radius 1 is 1.09 bits per heavy atom. The predicted molar refractivity (Wildman–Crippen MR) is 126 cm³/mol. The van der Waals surface area contributed by atoms with Gasteiger partial charge in [-0.1, -0.05) is 50.2 Å². The Labute approximate surface area is 189 Å². The molecule has 0 atom stereocenters. The Bertz CT molecular complexity index is 893. The van der Waals surface area contributed by atoms with Crippen LogP contribution in [0.15, 0.2) is 53.5 Å². The Morgan fingerprint density at radius 2 is 1.78 bits per heavy atom. The molecular weight excluding hydrogens is 406 g/mol. The maximum atomic E-state index is 10.8. The molecule has 0 radical (unpaired) electrons. The average molecular weight is 440 g/mol. The van der Waals surface area contributed by atoms with Crippen LogP contribution in [-0.2, 0) is 24.4 Å². The number of nitro groups is 1. The molecule has 0 unspecified atom stereocenters. The Hall–Kier alpha value is -2.97. The number of hydrogen-bond acceptors (Lipinski definition) is 5. The molecule has 0 aromatic heterocycles. The van der Waals surface area contributed by atoms with Crippen molar-refractivity contribution in [2.75, 3.05) is 32.8 Å². The molecule has 0 spiro atoms. The molecule has 1 aliphatic heterocycles. The van der Waals surface area contributed by atoms with E-state index in [1.54, 1.807) is 12.1 Å². The Kier molecular flexibility index (Phi) is 9.01. The molecule has 32 heavy (non-hydrogen) atoms. The van der Waals surface area contributed by atoms with Gasteiger partial charge < -0.3 is 15.4 Å². The monoisotopic (exact) mass is 439 g/mol. The first-order chi connectivity index (χ1) is 15.5. The molecule has 1 aliphatic rings. The molecule has 0 aliphatic carbocycles. The highest BCUT2D eigenvalue weighted by atomic mass is 16.6. The van der Waals surface area contributed by atoms with Gasteiger partial charge in [0.05, 0.1) is 24.7 Å². The van der Waals surface area contributed by atoms with E-state index in [4.69, 9.17) is 9.73 Å². The van der Waals surface area contributed by atoms with Gasteiger partial charge in [0.1, 0.15) is 0 Å². The summed E-state index contributed by atoms with van der Waals surface area (Å²) in [6.07, 6.45) is 0. The van der Waals surface area contributed by atoms with Gasteiger partial charge in [0.25, 0.3) is 5.69 Å². The summed E-state index contributed by atoms with van der Waals surface area (Å²) < 4.78 is 5.46. The third kappa shape index (κ3) is 7.62. The van der Waals surface area contributed by atoms with Crippen LogP contribution in [0.5, 0.6) is 0 Å². The van der Waals surface area contributed by atoms with Gasteiger partial charge in [0.2, 0.25) is 0 Å². The first-order valence-corrected chi connectivity index (χ1v) is 11.1. The van der Waals surface area contributed by atoms with Gasteiger partial charge in [-0.05, 0) is 22.6 Å². The van der Waals surface area contributed by atoms with Crippen molar-refractivity contribution in [3.05, 3.63) is 75.3 Å². The van der Waals surface area contributed by atoms with Crippen molar-refractivity contribution >= 4 is 11.6 Å². The van der Waals surface area contributed by atoms with Gasteiger partial charge >= 0.3 is 0 Å². The van der Waals surface area contributed by atoms with Crippen LogP contribution in [0.3, 0.4) is 0 Å². The van der Waals surface area contributed by atoms with Gasteiger partial charge in [-0.15, -0.1) is 0 Å². The smallest absolute Gasteiger partial charge is 0.269 e. The summed E-state index contributed by atoms with van der Waals surface area (Å²) in [5.74, 6) is 1.22. The van der Waals surface area contributed by atoms with Crippen LogP contribution in [0.25, 0.3) is 0 Å². The van der Waals surface area contributed by atoms with E-state index < -0.39 is 4.92 Å². The summed E-state index contributed by atoms with van der Waals surface area (Å²) >= 11 is 0. The second-order valence-corrected chi connectivity index (χ2v) is 8.37. The molecule has 0 bridgehead atoms. The molecule has 2 aromatic rings. The van der Waals surface area contributed by atoms with Gasteiger partial charge in [-0.2, -0.15) is 0 Å². The van der Waals surface area contributed by atoms with E-state index in [1.165, 1.54) is 23.3 Å². The number of ether oxygens (including phenoxy) is 1. The maximum Gasteiger partial charge on any atom is 0.269 e. The number of nitro benzene ring substituents is 1. The topological polar surface area (TPSA) is 92.0 Å². The van der Waals surface area contributed by atoms with Crippen LogP contribution in [0.1, 0.15) is 30.5 Å². The van der Waals surface area contributed by atoms with E-state index in [0.29, 0.717) is 19.0 Å². The average Bonchev–Trinajstić information content (AvgIpc) is 2.80. The van der Waals surface area contributed by atoms with Crippen molar-refractivity contribution in [3.63, 3.8) is 0 Å². The number of hydrogen-bond donors (Lipinski definition) is 2. The number of morpholine rings is 1. The quantitative estimate of drug-likeness (QED) is 0.270. The van der Waals surface area contributed by atoms with E-state index in [9.17, 15) is 10.1 Å². The van der Waals surface area contributed by atoms with Crippen molar-refractivity contribution in [1.29, 1.82) is 0 Å². The van der Waals surface area contributed by atoms with Crippen molar-refractivity contribution in [2.45, 2.75) is 33.5 Å². The largest absolute Gasteiger partial charge is 0.379 e. The molecule has 8 heteroatoms. The predicted octanol–water partition coefficient (Wildman–Crippen LogP) is 3.32. The lowest BCUT2D eigenvalue weighted by molar-refractivity contribution is -0.384. The molecule has 2 aromatic carbocycles. The fraction of sp³-hybridized carbons (Fsp3) is 0.458. The standard InChI is InChI=1S/C24H33N5O3/c1-19(2)15-25-24(26-16-20-7-9-23(10-8-20)29(30)31)27-17-21-5-3-4-6-22(21)18-28-11-13-32-14-12-28/h3-10,19H,11-18H2,1-2H3,(H2,25,26,27). The van der Waals surface area contributed by atoms with Crippen LogP contribution >= 0.6 is 0 Å². The van der Waals surface area contributed by atoms with Gasteiger partial charge in [-0.25, -0.2) is 4.99 Å². The summed E-state index contributed by atoms with van der Waals surface area (Å²) in [4.78, 5) is 17.6. The highest BCUT2D eigenvalue weighted by Gasteiger charge is 2.13. The summed E-state index contributed by atoms with van der Waals surface area (Å²) in [6, 6.07) is 15.0. The number of benzene rings is 2. The third-order valence-electron chi connectivity index (χ3n) is 5.31. The zero-order chi connectivity index (χ0) is 22.8. The number of non-ortho nitro benzene ring substituents is 1. The van der Waals surface area contributed by atoms with Crippen LogP contribution in [0.4, 0.5) is 5.69 Å². The first-order valence-electron chi connectivity index (χ1n) is 11.1. The number of aliphatic imine (C=N–C) groups is 1. The number of guanidine groups is 1. The molecule has 3 rings (SSSR count). The number of rotatable bonds is 9. The fourth-order valence-corrected chi connectivity index (χ4v) is 3.43. The van der Waals surface area contributed by atoms with Crippen LogP contribution in [-0.4, -0.2) is 48.6 Å². The number of nitrogens with zero attached hydrogens (tertiary/aromatic N) is 3. The molecule has 0 amide bonds. The van der Waals surface area contributed by atoms with Crippen LogP contribution in [0, 0.1) is 16.0 Å². The summed E-state index contributed by atoms with van der Waals surface area (Å²) in [5.41, 5.74) is 3.56. The lowest BCUT2D eigenvalue weighted by atomic mass is 10.1. The third-order valence-corrected chi connectivity index (χ3v) is 5.31. The van der Waals surface area contributed by atoms with Crippen molar-refractivity contribution in [3.8, 4) is 0 Å². The minimum absolute atomic E-state index is 0.0888. The Morgan fingerprint density at radius 3 is 2.44 bits per heavy atom. The molecule has 8 nitrogen and oxygen atoms in total. The van der Waals surface area contributed by atoms with E-state index in [2.05, 4.69) is 53.6 Å². The maximum absolute atomic E-state index is 10.8. The zero-order valence-electron chi connectivity index (χ0n) is 18.9. The van der Waals surface area contributed by atoms with Gasteiger partial charge in [-0.3, -0.25) is 15.0 Å². The molecule has 0 saturated carbocycles. The fourth-order valence-electron chi connectivity index (χ4n) is 3.43. The zero-order valence-corrected chi connectivity index (χ0v) is 18.9.